The van der Waals surface area contributed by atoms with Crippen molar-refractivity contribution < 1.29 is 9.18 Å². The van der Waals surface area contributed by atoms with Gasteiger partial charge in [0.05, 0.1) is 11.2 Å². The topological polar surface area (TPSA) is 110 Å². The maximum Gasteiger partial charge on any atom is 0.217 e. The smallest absolute Gasteiger partial charge is 0.217 e. The molecule has 29 heavy (non-hydrogen) atoms. The van der Waals surface area contributed by atoms with Gasteiger partial charge < -0.3 is 16.0 Å². The average Bonchev–Trinajstić information content (AvgIpc) is 3.12. The van der Waals surface area contributed by atoms with Gasteiger partial charge in [-0.25, -0.2) is 19.3 Å². The first-order valence-corrected chi connectivity index (χ1v) is 10.1. The van der Waals surface area contributed by atoms with Crippen molar-refractivity contribution in [1.29, 1.82) is 0 Å². The van der Waals surface area contributed by atoms with Gasteiger partial charge in [-0.3, -0.25) is 4.79 Å². The first-order chi connectivity index (χ1) is 14.0. The van der Waals surface area contributed by atoms with Crippen molar-refractivity contribution in [3.05, 3.63) is 35.5 Å². The lowest BCUT2D eigenvalue weighted by Crippen LogP contribution is -2.33. The van der Waals surface area contributed by atoms with Gasteiger partial charge >= 0.3 is 0 Å². The summed E-state index contributed by atoms with van der Waals surface area (Å²) in [6, 6.07) is 1.82. The molecule has 0 aromatic carbocycles. The van der Waals surface area contributed by atoms with Gasteiger partial charge in [0, 0.05) is 35.8 Å². The number of anilines is 1. The predicted octanol–water partition coefficient (Wildman–Crippen LogP) is 4.05. The minimum atomic E-state index is -0.510. The number of rotatable bonds is 6. The Kier molecular flexibility index (Phi) is 5.62. The van der Waals surface area contributed by atoms with Crippen molar-refractivity contribution in [2.24, 2.45) is 11.7 Å². The fourth-order valence-electron chi connectivity index (χ4n) is 4.01. The Morgan fingerprint density at radius 2 is 2.14 bits per heavy atom. The van der Waals surface area contributed by atoms with Gasteiger partial charge in [-0.05, 0) is 31.2 Å². The maximum absolute atomic E-state index is 14.5. The van der Waals surface area contributed by atoms with Crippen molar-refractivity contribution in [1.82, 2.24) is 19.9 Å². The van der Waals surface area contributed by atoms with Crippen LogP contribution in [0, 0.1) is 11.7 Å². The molecule has 1 fully saturated rings. The van der Waals surface area contributed by atoms with Crippen LogP contribution in [0.4, 0.5) is 10.2 Å². The van der Waals surface area contributed by atoms with E-state index in [-0.39, 0.29) is 23.7 Å². The Bertz CT molecular complexity index is 1040. The van der Waals surface area contributed by atoms with Crippen LogP contribution < -0.4 is 11.1 Å². The molecule has 2 unspecified atom stereocenters. The van der Waals surface area contributed by atoms with Crippen LogP contribution in [0.5, 0.6) is 0 Å². The van der Waals surface area contributed by atoms with E-state index in [1.165, 1.54) is 6.20 Å². The molecule has 9 heteroatoms. The standard InChI is InChI=1S/C20H22ClFN6O/c21-12-7-13-14(9-25-18(13)24-8-12)19-26-10-15(22)20(28-19)27-16-4-2-1-3-11(16)5-6-17(23)29/h7-11,16H,1-6H2,(H2,23,29)(H,24,25)(H,26,27,28). The first-order valence-electron chi connectivity index (χ1n) is 9.71. The number of nitrogens with one attached hydrogen (secondary N) is 2. The van der Waals surface area contributed by atoms with Crippen LogP contribution in [0.2, 0.25) is 5.02 Å². The van der Waals surface area contributed by atoms with Crippen LogP contribution in [-0.4, -0.2) is 31.9 Å². The van der Waals surface area contributed by atoms with Crippen molar-refractivity contribution in [3.63, 3.8) is 0 Å². The summed E-state index contributed by atoms with van der Waals surface area (Å²) in [6.45, 7) is 0. The number of amides is 1. The third-order valence-corrected chi connectivity index (χ3v) is 5.68. The maximum atomic E-state index is 14.5. The molecule has 7 nitrogen and oxygen atoms in total. The quantitative estimate of drug-likeness (QED) is 0.561. The highest BCUT2D eigenvalue weighted by Crippen LogP contribution is 2.32. The van der Waals surface area contributed by atoms with Crippen LogP contribution in [0.1, 0.15) is 38.5 Å². The number of carbonyl (C=O) groups is 1. The molecule has 0 saturated heterocycles. The van der Waals surface area contributed by atoms with Gasteiger partial charge in [0.25, 0.3) is 0 Å². The van der Waals surface area contributed by atoms with Crippen molar-refractivity contribution >= 4 is 34.4 Å². The van der Waals surface area contributed by atoms with E-state index in [1.807, 2.05) is 0 Å². The second kappa shape index (κ2) is 8.32. The lowest BCUT2D eigenvalue weighted by atomic mass is 9.81. The number of primary amides is 1. The molecule has 3 aromatic heterocycles. The second-order valence-corrected chi connectivity index (χ2v) is 7.88. The van der Waals surface area contributed by atoms with E-state index < -0.39 is 5.82 Å². The SMILES string of the molecule is NC(=O)CCC1CCCCC1Nc1nc(-c2c[nH]c3ncc(Cl)cc23)ncc1F. The Labute approximate surface area is 172 Å². The Balaban J connectivity index is 1.61. The van der Waals surface area contributed by atoms with Crippen LogP contribution >= 0.6 is 11.6 Å². The molecule has 152 valence electrons. The number of H-pyrrole nitrogens is 1. The van der Waals surface area contributed by atoms with E-state index in [2.05, 4.69) is 25.3 Å². The molecule has 2 atom stereocenters. The number of fused-ring (bicyclic) bond motifs is 1. The number of halogens is 2. The van der Waals surface area contributed by atoms with Gasteiger partial charge in [-0.15, -0.1) is 0 Å². The summed E-state index contributed by atoms with van der Waals surface area (Å²) in [5, 5.41) is 4.52. The van der Waals surface area contributed by atoms with Crippen molar-refractivity contribution in [2.45, 2.75) is 44.6 Å². The molecule has 3 heterocycles. The number of aromatic amines is 1. The summed E-state index contributed by atoms with van der Waals surface area (Å²) in [5.74, 6) is -0.0189. The van der Waals surface area contributed by atoms with Crippen LogP contribution in [0.15, 0.2) is 24.7 Å². The molecule has 1 aliphatic carbocycles. The fraction of sp³-hybridized carbons (Fsp3) is 0.400. The molecule has 0 bridgehead atoms. The van der Waals surface area contributed by atoms with Gasteiger partial charge in [-0.1, -0.05) is 24.4 Å². The van der Waals surface area contributed by atoms with Gasteiger partial charge in [-0.2, -0.15) is 0 Å². The number of hydrogen-bond acceptors (Lipinski definition) is 5. The molecule has 0 spiro atoms. The molecule has 0 radical (unpaired) electrons. The van der Waals surface area contributed by atoms with Crippen molar-refractivity contribution in [3.8, 4) is 11.4 Å². The highest BCUT2D eigenvalue weighted by atomic mass is 35.5. The molecule has 1 saturated carbocycles. The van der Waals surface area contributed by atoms with E-state index >= 15 is 0 Å². The number of nitrogens with zero attached hydrogens (tertiary/aromatic N) is 3. The van der Waals surface area contributed by atoms with Crippen molar-refractivity contribution in [2.75, 3.05) is 5.32 Å². The zero-order valence-corrected chi connectivity index (χ0v) is 16.5. The Hall–Kier alpha value is -2.74. The number of aromatic nitrogens is 4. The summed E-state index contributed by atoms with van der Waals surface area (Å²) in [7, 11) is 0. The first kappa shape index (κ1) is 19.6. The Morgan fingerprint density at radius 1 is 1.31 bits per heavy atom. The molecule has 4 N–H and O–H groups in total. The second-order valence-electron chi connectivity index (χ2n) is 7.44. The van der Waals surface area contributed by atoms with Crippen LogP contribution in [0.25, 0.3) is 22.4 Å². The summed E-state index contributed by atoms with van der Waals surface area (Å²) < 4.78 is 14.5. The minimum Gasteiger partial charge on any atom is -0.370 e. The summed E-state index contributed by atoms with van der Waals surface area (Å²) >= 11 is 6.07. The third kappa shape index (κ3) is 4.32. The van der Waals surface area contributed by atoms with E-state index in [9.17, 15) is 9.18 Å². The van der Waals surface area contributed by atoms with E-state index in [0.717, 1.165) is 31.1 Å². The number of carbonyl (C=O) groups excluding carboxylic acids is 1. The summed E-state index contributed by atoms with van der Waals surface area (Å²) in [4.78, 5) is 27.1. The number of hydrogen-bond donors (Lipinski definition) is 3. The largest absolute Gasteiger partial charge is 0.370 e. The van der Waals surface area contributed by atoms with Gasteiger partial charge in [0.2, 0.25) is 5.91 Å². The average molecular weight is 417 g/mol. The van der Waals surface area contributed by atoms with E-state index in [1.54, 1.807) is 18.5 Å². The number of nitrogens with two attached hydrogens (primary N) is 1. The summed E-state index contributed by atoms with van der Waals surface area (Å²) in [6.07, 6.45) is 9.52. The fourth-order valence-corrected chi connectivity index (χ4v) is 4.17. The highest BCUT2D eigenvalue weighted by molar-refractivity contribution is 6.31. The predicted molar refractivity (Wildman–Crippen MR) is 110 cm³/mol. The van der Waals surface area contributed by atoms with Gasteiger partial charge in [0.15, 0.2) is 17.5 Å². The van der Waals surface area contributed by atoms with E-state index in [4.69, 9.17) is 17.3 Å². The normalized spacial score (nSPS) is 19.4. The zero-order chi connectivity index (χ0) is 20.4. The third-order valence-electron chi connectivity index (χ3n) is 5.48. The zero-order valence-electron chi connectivity index (χ0n) is 15.8. The van der Waals surface area contributed by atoms with Crippen LogP contribution in [0.3, 0.4) is 0 Å². The van der Waals surface area contributed by atoms with Crippen LogP contribution in [-0.2, 0) is 4.79 Å². The summed E-state index contributed by atoms with van der Waals surface area (Å²) in [5.41, 5.74) is 6.66. The molecule has 3 aromatic rings. The molecule has 0 aliphatic heterocycles. The van der Waals surface area contributed by atoms with E-state index in [0.29, 0.717) is 34.9 Å². The lowest BCUT2D eigenvalue weighted by molar-refractivity contribution is -0.118. The number of pyridine rings is 1. The highest BCUT2D eigenvalue weighted by Gasteiger charge is 2.26. The Morgan fingerprint density at radius 3 is 2.97 bits per heavy atom. The monoisotopic (exact) mass is 416 g/mol. The van der Waals surface area contributed by atoms with Gasteiger partial charge in [0.1, 0.15) is 5.65 Å². The molecule has 1 amide bonds. The lowest BCUT2D eigenvalue weighted by Gasteiger charge is -2.32. The molecule has 4 rings (SSSR count). The molecule has 1 aliphatic rings. The molecular formula is C20H22ClFN6O. The molecular weight excluding hydrogens is 395 g/mol. The minimum absolute atomic E-state index is 0.0411.